The van der Waals surface area contributed by atoms with E-state index in [-0.39, 0.29) is 6.04 Å². The Labute approximate surface area is 107 Å². The van der Waals surface area contributed by atoms with Crippen LogP contribution in [0.4, 0.5) is 5.82 Å². The van der Waals surface area contributed by atoms with Gasteiger partial charge >= 0.3 is 0 Å². The molecule has 2 rings (SSSR count). The monoisotopic (exact) mass is 245 g/mol. The smallest absolute Gasteiger partial charge is 0.125 e. The van der Waals surface area contributed by atoms with Gasteiger partial charge in [-0.3, -0.25) is 4.68 Å². The van der Waals surface area contributed by atoms with E-state index in [1.165, 1.54) is 5.56 Å². The number of likely N-dealkylation sites (N-methyl/N-ethyl adjacent to an activating group) is 1. The zero-order valence-corrected chi connectivity index (χ0v) is 11.0. The Morgan fingerprint density at radius 3 is 2.78 bits per heavy atom. The van der Waals surface area contributed by atoms with Crippen LogP contribution in [0.25, 0.3) is 0 Å². The molecule has 2 aromatic heterocycles. The van der Waals surface area contributed by atoms with Gasteiger partial charge < -0.3 is 10.2 Å². The Morgan fingerprint density at radius 1 is 1.39 bits per heavy atom. The molecule has 2 aromatic rings. The molecule has 96 valence electrons. The van der Waals surface area contributed by atoms with E-state index in [9.17, 15) is 0 Å². The Morgan fingerprint density at radius 2 is 2.22 bits per heavy atom. The lowest BCUT2D eigenvalue weighted by atomic mass is 10.1. The van der Waals surface area contributed by atoms with Gasteiger partial charge in [-0.05, 0) is 26.2 Å². The summed E-state index contributed by atoms with van der Waals surface area (Å²) in [5, 5.41) is 7.57. The van der Waals surface area contributed by atoms with Gasteiger partial charge in [0.1, 0.15) is 5.82 Å². The molecule has 5 nitrogen and oxygen atoms in total. The summed E-state index contributed by atoms with van der Waals surface area (Å²) in [5.74, 6) is 0.897. The highest BCUT2D eigenvalue weighted by atomic mass is 15.2. The normalized spacial score (nSPS) is 12.7. The first-order chi connectivity index (χ1) is 8.66. The minimum Gasteiger partial charge on any atom is -0.368 e. The first kappa shape index (κ1) is 12.6. The molecule has 0 amide bonds. The van der Waals surface area contributed by atoms with Crippen molar-refractivity contribution in [1.82, 2.24) is 19.7 Å². The topological polar surface area (TPSA) is 46.0 Å². The first-order valence-corrected chi connectivity index (χ1v) is 5.96. The highest BCUT2D eigenvalue weighted by Crippen LogP contribution is 2.17. The van der Waals surface area contributed by atoms with E-state index in [1.54, 1.807) is 6.20 Å². The summed E-state index contributed by atoms with van der Waals surface area (Å²) >= 11 is 0. The SMILES string of the molecule is CN(C)C(CNc1ccccn1)c1cnn(C)c1. The lowest BCUT2D eigenvalue weighted by Crippen LogP contribution is -2.26. The molecule has 0 aliphatic rings. The van der Waals surface area contributed by atoms with Crippen LogP contribution in [0.1, 0.15) is 11.6 Å². The summed E-state index contributed by atoms with van der Waals surface area (Å²) in [6, 6.07) is 6.14. The first-order valence-electron chi connectivity index (χ1n) is 5.96. The van der Waals surface area contributed by atoms with E-state index in [4.69, 9.17) is 0 Å². The van der Waals surface area contributed by atoms with E-state index in [1.807, 2.05) is 42.3 Å². The van der Waals surface area contributed by atoms with Crippen molar-refractivity contribution in [2.75, 3.05) is 26.0 Å². The van der Waals surface area contributed by atoms with Crippen molar-refractivity contribution in [3.8, 4) is 0 Å². The van der Waals surface area contributed by atoms with Crippen LogP contribution >= 0.6 is 0 Å². The number of aromatic nitrogens is 3. The van der Waals surface area contributed by atoms with Gasteiger partial charge in [-0.2, -0.15) is 5.10 Å². The molecule has 0 bridgehead atoms. The number of pyridine rings is 1. The third-order valence-electron chi connectivity index (χ3n) is 2.87. The molecule has 0 aromatic carbocycles. The zero-order valence-electron chi connectivity index (χ0n) is 11.0. The summed E-state index contributed by atoms with van der Waals surface area (Å²) in [7, 11) is 6.07. The molecule has 1 atom stereocenters. The van der Waals surface area contributed by atoms with Crippen molar-refractivity contribution in [2.24, 2.45) is 7.05 Å². The van der Waals surface area contributed by atoms with Crippen molar-refractivity contribution < 1.29 is 0 Å². The Hall–Kier alpha value is -1.88. The predicted octanol–water partition coefficient (Wildman–Crippen LogP) is 1.53. The average Bonchev–Trinajstić information content (AvgIpc) is 2.77. The molecule has 2 heterocycles. The number of anilines is 1. The molecule has 0 saturated carbocycles. The molecular weight excluding hydrogens is 226 g/mol. The molecule has 0 spiro atoms. The van der Waals surface area contributed by atoms with Gasteiger partial charge in [0.25, 0.3) is 0 Å². The Kier molecular flexibility index (Phi) is 3.94. The van der Waals surface area contributed by atoms with Gasteiger partial charge in [0.2, 0.25) is 0 Å². The second-order valence-corrected chi connectivity index (χ2v) is 4.52. The quantitative estimate of drug-likeness (QED) is 0.867. The Balaban J connectivity index is 2.04. The van der Waals surface area contributed by atoms with Crippen LogP contribution in [0.3, 0.4) is 0 Å². The van der Waals surface area contributed by atoms with Crippen molar-refractivity contribution >= 4 is 5.82 Å². The maximum absolute atomic E-state index is 4.26. The molecular formula is C13H19N5. The summed E-state index contributed by atoms with van der Waals surface area (Å²) in [5.41, 5.74) is 1.20. The van der Waals surface area contributed by atoms with Gasteiger partial charge in [0.05, 0.1) is 12.2 Å². The summed E-state index contributed by atoms with van der Waals surface area (Å²) in [6.07, 6.45) is 5.74. The van der Waals surface area contributed by atoms with E-state index in [0.717, 1.165) is 12.4 Å². The average molecular weight is 245 g/mol. The number of aryl methyl sites for hydroxylation is 1. The second-order valence-electron chi connectivity index (χ2n) is 4.52. The van der Waals surface area contributed by atoms with Crippen LogP contribution in [0.5, 0.6) is 0 Å². The van der Waals surface area contributed by atoms with Crippen LogP contribution < -0.4 is 5.32 Å². The zero-order chi connectivity index (χ0) is 13.0. The fourth-order valence-electron chi connectivity index (χ4n) is 1.88. The van der Waals surface area contributed by atoms with Crippen molar-refractivity contribution in [1.29, 1.82) is 0 Å². The summed E-state index contributed by atoms with van der Waals surface area (Å²) in [4.78, 5) is 6.43. The van der Waals surface area contributed by atoms with Crippen LogP contribution in [-0.2, 0) is 7.05 Å². The van der Waals surface area contributed by atoms with Gasteiger partial charge in [-0.25, -0.2) is 4.98 Å². The number of nitrogens with zero attached hydrogens (tertiary/aromatic N) is 4. The number of nitrogens with one attached hydrogen (secondary N) is 1. The molecule has 5 heteroatoms. The van der Waals surface area contributed by atoms with Crippen LogP contribution in [0.2, 0.25) is 0 Å². The Bertz CT molecular complexity index is 477. The molecule has 1 unspecified atom stereocenters. The maximum atomic E-state index is 4.26. The maximum Gasteiger partial charge on any atom is 0.125 e. The van der Waals surface area contributed by atoms with Crippen molar-refractivity contribution in [2.45, 2.75) is 6.04 Å². The van der Waals surface area contributed by atoms with Crippen LogP contribution in [-0.4, -0.2) is 40.3 Å². The molecule has 0 aliphatic heterocycles. The van der Waals surface area contributed by atoms with Gasteiger partial charge in [0.15, 0.2) is 0 Å². The van der Waals surface area contributed by atoms with Gasteiger partial charge in [0, 0.05) is 31.5 Å². The largest absolute Gasteiger partial charge is 0.368 e. The fourth-order valence-corrected chi connectivity index (χ4v) is 1.88. The summed E-state index contributed by atoms with van der Waals surface area (Å²) in [6.45, 7) is 0.801. The second kappa shape index (κ2) is 5.64. The molecule has 18 heavy (non-hydrogen) atoms. The van der Waals surface area contributed by atoms with Gasteiger partial charge in [-0.1, -0.05) is 6.07 Å². The third-order valence-corrected chi connectivity index (χ3v) is 2.87. The number of rotatable bonds is 5. The third kappa shape index (κ3) is 3.07. The van der Waals surface area contributed by atoms with Crippen molar-refractivity contribution in [3.63, 3.8) is 0 Å². The molecule has 0 fully saturated rings. The number of hydrogen-bond donors (Lipinski definition) is 1. The lowest BCUT2D eigenvalue weighted by Gasteiger charge is -2.23. The van der Waals surface area contributed by atoms with E-state index < -0.39 is 0 Å². The fraction of sp³-hybridized carbons (Fsp3) is 0.385. The van der Waals surface area contributed by atoms with Crippen LogP contribution in [0.15, 0.2) is 36.8 Å². The molecule has 0 radical (unpaired) electrons. The van der Waals surface area contributed by atoms with Crippen LogP contribution in [0, 0.1) is 0 Å². The van der Waals surface area contributed by atoms with Gasteiger partial charge in [-0.15, -0.1) is 0 Å². The minimum absolute atomic E-state index is 0.278. The van der Waals surface area contributed by atoms with Crippen molar-refractivity contribution in [3.05, 3.63) is 42.4 Å². The van der Waals surface area contributed by atoms with E-state index >= 15 is 0 Å². The van der Waals surface area contributed by atoms with E-state index in [2.05, 4.69) is 34.4 Å². The minimum atomic E-state index is 0.278. The number of hydrogen-bond acceptors (Lipinski definition) is 4. The molecule has 0 saturated heterocycles. The highest BCUT2D eigenvalue weighted by molar-refractivity contribution is 5.34. The summed E-state index contributed by atoms with van der Waals surface area (Å²) < 4.78 is 1.83. The molecule has 0 aliphatic carbocycles. The lowest BCUT2D eigenvalue weighted by molar-refractivity contribution is 0.311. The molecule has 1 N–H and O–H groups in total. The highest BCUT2D eigenvalue weighted by Gasteiger charge is 2.15. The predicted molar refractivity (Wildman–Crippen MR) is 72.4 cm³/mol. The standard InChI is InChI=1S/C13H19N5/c1-17(2)12(11-8-16-18(3)10-11)9-15-13-6-4-5-7-14-13/h4-8,10,12H,9H2,1-3H3,(H,14,15). The van der Waals surface area contributed by atoms with E-state index in [0.29, 0.717) is 0 Å².